The molecular weight excluding hydrogens is 721 g/mol. The van der Waals surface area contributed by atoms with Crippen LogP contribution in [0.4, 0.5) is 0 Å². The van der Waals surface area contributed by atoms with Crippen LogP contribution in [0.1, 0.15) is 0 Å². The average molecular weight is 759 g/mol. The van der Waals surface area contributed by atoms with Gasteiger partial charge in [0.1, 0.15) is 0 Å². The zero-order valence-corrected chi connectivity index (χ0v) is 32.9. The van der Waals surface area contributed by atoms with Gasteiger partial charge in [-0.05, 0) is 157 Å². The zero-order valence-electron chi connectivity index (χ0n) is 32.9. The first kappa shape index (κ1) is 34.3. The van der Waals surface area contributed by atoms with Crippen LogP contribution in [-0.2, 0) is 0 Å². The summed E-state index contributed by atoms with van der Waals surface area (Å²) in [7, 11) is 0. The second-order valence-corrected chi connectivity index (χ2v) is 16.0. The minimum Gasteiger partial charge on any atom is -0.0622 e. The van der Waals surface area contributed by atoms with Crippen molar-refractivity contribution >= 4 is 64.6 Å². The highest BCUT2D eigenvalue weighted by Crippen LogP contribution is 2.45. The highest BCUT2D eigenvalue weighted by Gasteiger charge is 2.18. The van der Waals surface area contributed by atoms with Crippen molar-refractivity contribution in [3.05, 3.63) is 231 Å². The molecule has 0 aliphatic rings. The first-order chi connectivity index (χ1) is 29.8. The van der Waals surface area contributed by atoms with E-state index >= 15 is 0 Å². The minimum atomic E-state index is 1.20. The molecule has 12 aromatic carbocycles. The fourth-order valence-electron chi connectivity index (χ4n) is 9.79. The van der Waals surface area contributed by atoms with Gasteiger partial charge < -0.3 is 0 Å². The molecule has 0 heterocycles. The Bertz CT molecular complexity index is 3360. The molecule has 0 aliphatic carbocycles. The molecule has 12 rings (SSSR count). The second-order valence-electron chi connectivity index (χ2n) is 16.0. The first-order valence-corrected chi connectivity index (χ1v) is 20.8. The van der Waals surface area contributed by atoms with Crippen LogP contribution in [0.2, 0.25) is 0 Å². The number of fused-ring (bicyclic) bond motifs is 10. The third kappa shape index (κ3) is 5.53. The van der Waals surface area contributed by atoms with Gasteiger partial charge in [0.2, 0.25) is 0 Å². The molecule has 60 heavy (non-hydrogen) atoms. The lowest BCUT2D eigenvalue weighted by atomic mass is 9.85. The SMILES string of the molecule is c1ccc(-c2cc3c4ccc(-c5ccc6c(c5)c(-c5ccccc5)cc5c7ccccc7c(-c7ccccc7)cc65)cc4c(-c4ccccc4)cc3c3ccccc23)cc1. The maximum Gasteiger partial charge on any atom is -0.00923 e. The van der Waals surface area contributed by atoms with Gasteiger partial charge in [-0.1, -0.05) is 194 Å². The molecule has 12 aromatic rings. The van der Waals surface area contributed by atoms with Gasteiger partial charge in [0, 0.05) is 0 Å². The van der Waals surface area contributed by atoms with E-state index in [1.54, 1.807) is 0 Å². The summed E-state index contributed by atoms with van der Waals surface area (Å²) < 4.78 is 0. The van der Waals surface area contributed by atoms with Crippen molar-refractivity contribution in [2.24, 2.45) is 0 Å². The molecule has 0 spiro atoms. The monoisotopic (exact) mass is 758 g/mol. The van der Waals surface area contributed by atoms with Crippen LogP contribution in [-0.4, -0.2) is 0 Å². The van der Waals surface area contributed by atoms with E-state index in [2.05, 4.69) is 231 Å². The highest BCUT2D eigenvalue weighted by atomic mass is 14.2. The Morgan fingerprint density at radius 2 is 0.383 bits per heavy atom. The van der Waals surface area contributed by atoms with Gasteiger partial charge in [-0.15, -0.1) is 0 Å². The highest BCUT2D eigenvalue weighted by molar-refractivity contribution is 6.26. The molecule has 0 unspecified atom stereocenters. The van der Waals surface area contributed by atoms with E-state index in [1.165, 1.54) is 120 Å². The van der Waals surface area contributed by atoms with Crippen molar-refractivity contribution < 1.29 is 0 Å². The molecule has 0 amide bonds. The Morgan fingerprint density at radius 3 is 0.700 bits per heavy atom. The summed E-state index contributed by atoms with van der Waals surface area (Å²) in [5, 5.41) is 15.2. The van der Waals surface area contributed by atoms with E-state index in [4.69, 9.17) is 0 Å². The average Bonchev–Trinajstić information content (AvgIpc) is 3.33. The van der Waals surface area contributed by atoms with Gasteiger partial charge in [0.15, 0.2) is 0 Å². The minimum absolute atomic E-state index is 1.20. The van der Waals surface area contributed by atoms with Crippen molar-refractivity contribution in [3.63, 3.8) is 0 Å². The molecule has 0 atom stereocenters. The number of hydrogen-bond acceptors (Lipinski definition) is 0. The lowest BCUT2D eigenvalue weighted by molar-refractivity contribution is 1.64. The van der Waals surface area contributed by atoms with Crippen molar-refractivity contribution in [1.82, 2.24) is 0 Å². The summed E-state index contributed by atoms with van der Waals surface area (Å²) in [5.41, 5.74) is 12.3. The second kappa shape index (κ2) is 13.9. The summed E-state index contributed by atoms with van der Waals surface area (Å²) in [6.07, 6.45) is 0. The summed E-state index contributed by atoms with van der Waals surface area (Å²) in [5.74, 6) is 0. The summed E-state index contributed by atoms with van der Waals surface area (Å²) in [6.45, 7) is 0. The molecule has 0 aromatic heterocycles. The molecule has 0 saturated carbocycles. The first-order valence-electron chi connectivity index (χ1n) is 20.8. The molecule has 278 valence electrons. The fourth-order valence-corrected chi connectivity index (χ4v) is 9.79. The Labute approximate surface area is 349 Å². The molecule has 0 aliphatic heterocycles. The van der Waals surface area contributed by atoms with Crippen molar-refractivity contribution in [3.8, 4) is 55.6 Å². The lowest BCUT2D eigenvalue weighted by Crippen LogP contribution is -1.91. The van der Waals surface area contributed by atoms with E-state index in [-0.39, 0.29) is 0 Å². The summed E-state index contributed by atoms with van der Waals surface area (Å²) in [4.78, 5) is 0. The number of hydrogen-bond donors (Lipinski definition) is 0. The fraction of sp³-hybridized carbons (Fsp3) is 0. The van der Waals surface area contributed by atoms with Crippen LogP contribution in [0.3, 0.4) is 0 Å². The molecule has 0 fully saturated rings. The van der Waals surface area contributed by atoms with Crippen LogP contribution in [0, 0.1) is 0 Å². The third-order valence-corrected chi connectivity index (χ3v) is 12.6. The standard InChI is InChI=1S/C60H38/c1-5-17-39(18-6-1)51-35-59-49-31-29-43(33-55(49)53(41-21-9-3-10-22-41)37-57(59)47-27-15-13-25-45(47)51)44-30-32-50-56(34-44)54(42-23-11-4-12-24-42)38-58-48-28-16-14-26-46(48)52(36-60(50)58)40-19-7-2-8-20-40/h1-38H. The Hall–Kier alpha value is -7.80. The van der Waals surface area contributed by atoms with Crippen LogP contribution < -0.4 is 0 Å². The molecule has 0 bridgehead atoms. The molecular formula is C60H38. The van der Waals surface area contributed by atoms with Gasteiger partial charge in [0.25, 0.3) is 0 Å². The zero-order chi connectivity index (χ0) is 39.6. The van der Waals surface area contributed by atoms with Crippen LogP contribution >= 0.6 is 0 Å². The van der Waals surface area contributed by atoms with Crippen LogP contribution in [0.5, 0.6) is 0 Å². The van der Waals surface area contributed by atoms with E-state index in [0.29, 0.717) is 0 Å². The van der Waals surface area contributed by atoms with Crippen molar-refractivity contribution in [2.45, 2.75) is 0 Å². The van der Waals surface area contributed by atoms with E-state index in [1.807, 2.05) is 0 Å². The van der Waals surface area contributed by atoms with Gasteiger partial charge in [-0.3, -0.25) is 0 Å². The van der Waals surface area contributed by atoms with E-state index < -0.39 is 0 Å². The van der Waals surface area contributed by atoms with Crippen molar-refractivity contribution in [2.75, 3.05) is 0 Å². The predicted molar refractivity (Wildman–Crippen MR) is 259 cm³/mol. The van der Waals surface area contributed by atoms with E-state index in [0.717, 1.165) is 0 Å². The molecule has 0 saturated heterocycles. The van der Waals surface area contributed by atoms with Gasteiger partial charge in [-0.25, -0.2) is 0 Å². The van der Waals surface area contributed by atoms with Crippen LogP contribution in [0.25, 0.3) is 120 Å². The molecule has 0 radical (unpaired) electrons. The largest absolute Gasteiger partial charge is 0.0622 e. The van der Waals surface area contributed by atoms with Gasteiger partial charge in [0.05, 0.1) is 0 Å². The van der Waals surface area contributed by atoms with Crippen molar-refractivity contribution in [1.29, 1.82) is 0 Å². The maximum atomic E-state index is 2.43. The smallest absolute Gasteiger partial charge is 0.00923 e. The Kier molecular flexibility index (Phi) is 7.96. The Balaban J connectivity index is 1.13. The van der Waals surface area contributed by atoms with Gasteiger partial charge >= 0.3 is 0 Å². The molecule has 0 heteroatoms. The molecule has 0 N–H and O–H groups in total. The van der Waals surface area contributed by atoms with Gasteiger partial charge in [-0.2, -0.15) is 0 Å². The quantitative estimate of drug-likeness (QED) is 0.153. The summed E-state index contributed by atoms with van der Waals surface area (Å²) in [6, 6.07) is 85.2. The molecule has 0 nitrogen and oxygen atoms in total. The summed E-state index contributed by atoms with van der Waals surface area (Å²) >= 11 is 0. The predicted octanol–water partition coefficient (Wildman–Crippen LogP) is 16.9. The number of benzene rings is 12. The lowest BCUT2D eigenvalue weighted by Gasteiger charge is -2.18. The third-order valence-electron chi connectivity index (χ3n) is 12.6. The van der Waals surface area contributed by atoms with E-state index in [9.17, 15) is 0 Å². The normalized spacial score (nSPS) is 11.7. The number of rotatable bonds is 5. The maximum absolute atomic E-state index is 2.43. The van der Waals surface area contributed by atoms with Crippen LogP contribution in [0.15, 0.2) is 231 Å². The topological polar surface area (TPSA) is 0 Å². The Morgan fingerprint density at radius 1 is 0.133 bits per heavy atom.